The summed E-state index contributed by atoms with van der Waals surface area (Å²) in [6, 6.07) is 0. The van der Waals surface area contributed by atoms with E-state index in [1.54, 1.807) is 0 Å². The fourth-order valence-corrected chi connectivity index (χ4v) is 4.31. The van der Waals surface area contributed by atoms with Gasteiger partial charge in [-0.2, -0.15) is 0 Å². The Bertz CT molecular complexity index is 575. The lowest BCUT2D eigenvalue weighted by Crippen LogP contribution is -2.50. The standard InChI is InChI=1S/C22H37BrO2Si/c1-9-11-20(25-26(7,8)21(2,3)4)22(5,6)19(24)13-10-12-17-16-18(17)14-15-23/h9-12,17-20,24H,13,16H2,1-8H3/b11-9+,12-10-/t17-,18+,19?,20?/m0/s1. The van der Waals surface area contributed by atoms with E-state index in [1.807, 2.05) is 13.0 Å². The van der Waals surface area contributed by atoms with Gasteiger partial charge in [0.1, 0.15) is 0 Å². The SMILES string of the molecule is C/C=C/C(O[Si](C)(C)C(C)(C)C)C(C)(C)C(O)C/C=C\[C@H]1C[C@H]1C#CBr. The van der Waals surface area contributed by atoms with Gasteiger partial charge in [-0.1, -0.05) is 64.8 Å². The molecular formula is C22H37BrO2Si. The van der Waals surface area contributed by atoms with E-state index in [2.05, 4.69) is 92.6 Å². The molecule has 1 aliphatic carbocycles. The lowest BCUT2D eigenvalue weighted by molar-refractivity contribution is -0.0181. The van der Waals surface area contributed by atoms with Crippen molar-refractivity contribution in [2.45, 2.75) is 84.7 Å². The highest BCUT2D eigenvalue weighted by Gasteiger charge is 2.44. The third-order valence-electron chi connectivity index (χ3n) is 6.01. The molecular weight excluding hydrogens is 404 g/mol. The highest BCUT2D eigenvalue weighted by Crippen LogP contribution is 2.42. The Kier molecular flexibility index (Phi) is 8.42. The number of allylic oxidation sites excluding steroid dienone is 2. The Morgan fingerprint density at radius 3 is 2.38 bits per heavy atom. The lowest BCUT2D eigenvalue weighted by Gasteiger charge is -2.44. The van der Waals surface area contributed by atoms with Crippen LogP contribution < -0.4 is 0 Å². The molecule has 4 heteroatoms. The first-order valence-corrected chi connectivity index (χ1v) is 13.3. The van der Waals surface area contributed by atoms with Crippen molar-refractivity contribution in [1.82, 2.24) is 0 Å². The first-order valence-electron chi connectivity index (χ1n) is 9.63. The summed E-state index contributed by atoms with van der Waals surface area (Å²) < 4.78 is 6.66. The van der Waals surface area contributed by atoms with E-state index in [4.69, 9.17) is 4.43 Å². The lowest BCUT2D eigenvalue weighted by atomic mass is 9.79. The van der Waals surface area contributed by atoms with Crippen molar-refractivity contribution in [3.05, 3.63) is 24.3 Å². The van der Waals surface area contributed by atoms with Gasteiger partial charge in [0.2, 0.25) is 0 Å². The Labute approximate surface area is 170 Å². The molecule has 1 aliphatic rings. The van der Waals surface area contributed by atoms with Gasteiger partial charge in [-0.3, -0.25) is 0 Å². The van der Waals surface area contributed by atoms with Gasteiger partial charge in [-0.25, -0.2) is 0 Å². The van der Waals surface area contributed by atoms with Crippen LogP contribution in [0, 0.1) is 28.0 Å². The van der Waals surface area contributed by atoms with E-state index >= 15 is 0 Å². The van der Waals surface area contributed by atoms with Gasteiger partial charge < -0.3 is 9.53 Å². The molecule has 2 unspecified atom stereocenters. The number of aliphatic hydroxyl groups excluding tert-OH is 1. The van der Waals surface area contributed by atoms with E-state index < -0.39 is 14.4 Å². The molecule has 0 heterocycles. The molecule has 0 aromatic carbocycles. The van der Waals surface area contributed by atoms with Crippen LogP contribution in [0.4, 0.5) is 0 Å². The minimum absolute atomic E-state index is 0.0928. The molecule has 0 spiro atoms. The van der Waals surface area contributed by atoms with Crippen molar-refractivity contribution in [2.75, 3.05) is 0 Å². The van der Waals surface area contributed by atoms with Gasteiger partial charge in [0.25, 0.3) is 0 Å². The van der Waals surface area contributed by atoms with Crippen molar-refractivity contribution in [2.24, 2.45) is 17.3 Å². The number of hydrogen-bond donors (Lipinski definition) is 1. The quantitative estimate of drug-likeness (QED) is 0.273. The molecule has 0 aromatic heterocycles. The maximum atomic E-state index is 10.9. The second-order valence-electron chi connectivity index (χ2n) is 9.57. The van der Waals surface area contributed by atoms with E-state index in [0.717, 1.165) is 6.42 Å². The summed E-state index contributed by atoms with van der Waals surface area (Å²) in [5.41, 5.74) is -0.356. The summed E-state index contributed by atoms with van der Waals surface area (Å²) in [4.78, 5) is 2.80. The fraction of sp³-hybridized carbons (Fsp3) is 0.727. The molecule has 26 heavy (non-hydrogen) atoms. The summed E-state index contributed by atoms with van der Waals surface area (Å²) >= 11 is 3.16. The molecule has 0 aliphatic heterocycles. The maximum absolute atomic E-state index is 10.9. The zero-order valence-corrected chi connectivity index (χ0v) is 20.4. The Morgan fingerprint density at radius 1 is 1.27 bits per heavy atom. The predicted molar refractivity (Wildman–Crippen MR) is 119 cm³/mol. The van der Waals surface area contributed by atoms with Crippen molar-refractivity contribution in [1.29, 1.82) is 0 Å². The summed E-state index contributed by atoms with van der Waals surface area (Å²) in [7, 11) is -1.92. The molecule has 1 fully saturated rings. The van der Waals surface area contributed by atoms with E-state index in [-0.39, 0.29) is 16.6 Å². The van der Waals surface area contributed by atoms with Crippen LogP contribution in [0.25, 0.3) is 0 Å². The van der Waals surface area contributed by atoms with Crippen molar-refractivity contribution in [3.63, 3.8) is 0 Å². The number of rotatable bonds is 8. The minimum Gasteiger partial charge on any atom is -0.410 e. The molecule has 4 atom stereocenters. The second kappa shape index (κ2) is 9.23. The monoisotopic (exact) mass is 440 g/mol. The molecule has 0 aromatic rings. The van der Waals surface area contributed by atoms with E-state index in [0.29, 0.717) is 18.3 Å². The summed E-state index contributed by atoms with van der Waals surface area (Å²) in [6.07, 6.45) is 9.70. The first-order chi connectivity index (χ1) is 11.9. The third kappa shape index (κ3) is 6.37. The van der Waals surface area contributed by atoms with E-state index in [9.17, 15) is 5.11 Å². The van der Waals surface area contributed by atoms with Crippen LogP contribution in [0.3, 0.4) is 0 Å². The molecule has 0 bridgehead atoms. The normalized spacial score (nSPS) is 23.8. The average Bonchev–Trinajstić information content (AvgIpc) is 3.23. The van der Waals surface area contributed by atoms with Crippen molar-refractivity contribution in [3.8, 4) is 10.8 Å². The van der Waals surface area contributed by atoms with Crippen molar-refractivity contribution < 1.29 is 9.53 Å². The van der Waals surface area contributed by atoms with Crippen LogP contribution >= 0.6 is 15.9 Å². The Morgan fingerprint density at radius 2 is 1.88 bits per heavy atom. The average molecular weight is 442 g/mol. The molecule has 1 N–H and O–H groups in total. The number of aliphatic hydroxyl groups is 1. The number of hydrogen-bond acceptors (Lipinski definition) is 2. The van der Waals surface area contributed by atoms with Gasteiger partial charge in [-0.15, -0.1) is 0 Å². The van der Waals surface area contributed by atoms with Gasteiger partial charge in [0.15, 0.2) is 8.32 Å². The van der Waals surface area contributed by atoms with Gasteiger partial charge in [0.05, 0.1) is 12.2 Å². The molecule has 0 saturated heterocycles. The number of halogens is 1. The van der Waals surface area contributed by atoms with Crippen LogP contribution in [0.5, 0.6) is 0 Å². The second-order valence-corrected chi connectivity index (χ2v) is 14.7. The van der Waals surface area contributed by atoms with Gasteiger partial charge in [-0.05, 0) is 48.6 Å². The van der Waals surface area contributed by atoms with Gasteiger partial charge in [0, 0.05) is 27.3 Å². The highest BCUT2D eigenvalue weighted by atomic mass is 79.9. The van der Waals surface area contributed by atoms with Crippen molar-refractivity contribution >= 4 is 24.2 Å². The fourth-order valence-electron chi connectivity index (χ4n) is 2.65. The third-order valence-corrected chi connectivity index (χ3v) is 10.7. The minimum atomic E-state index is -1.92. The summed E-state index contributed by atoms with van der Waals surface area (Å²) in [5, 5.41) is 11.0. The van der Waals surface area contributed by atoms with Crippen LogP contribution in [-0.4, -0.2) is 25.6 Å². The van der Waals surface area contributed by atoms with Crippen LogP contribution in [-0.2, 0) is 4.43 Å². The van der Waals surface area contributed by atoms with Crippen LogP contribution in [0.1, 0.15) is 54.4 Å². The summed E-state index contributed by atoms with van der Waals surface area (Å²) in [5.74, 6) is 4.17. The smallest absolute Gasteiger partial charge is 0.192 e. The molecule has 1 rings (SSSR count). The Balaban J connectivity index is 2.78. The molecule has 1 saturated carbocycles. The first kappa shape index (κ1) is 23.7. The largest absolute Gasteiger partial charge is 0.410 e. The maximum Gasteiger partial charge on any atom is 0.192 e. The summed E-state index contributed by atoms with van der Waals surface area (Å²) in [6.45, 7) is 17.5. The zero-order chi connectivity index (χ0) is 20.2. The molecule has 0 amide bonds. The molecule has 2 nitrogen and oxygen atoms in total. The van der Waals surface area contributed by atoms with Crippen LogP contribution in [0.15, 0.2) is 24.3 Å². The molecule has 148 valence electrons. The molecule has 0 radical (unpaired) electrons. The predicted octanol–water partition coefficient (Wildman–Crippen LogP) is 6.28. The van der Waals surface area contributed by atoms with Gasteiger partial charge >= 0.3 is 0 Å². The zero-order valence-electron chi connectivity index (χ0n) is 17.8. The van der Waals surface area contributed by atoms with E-state index in [1.165, 1.54) is 0 Å². The van der Waals surface area contributed by atoms with Crippen LogP contribution in [0.2, 0.25) is 18.1 Å². The Hall–Kier alpha value is -0.343. The highest BCUT2D eigenvalue weighted by molar-refractivity contribution is 9.12. The topological polar surface area (TPSA) is 29.5 Å².